The number of nitrogens with zero attached hydrogens (tertiary/aromatic N) is 2. The summed E-state index contributed by atoms with van der Waals surface area (Å²) in [5.41, 5.74) is 4.43. The lowest BCUT2D eigenvalue weighted by molar-refractivity contribution is 0.594. The van der Waals surface area contributed by atoms with Crippen molar-refractivity contribution in [3.63, 3.8) is 0 Å². The molecular weight excluding hydrogens is 540 g/mol. The van der Waals surface area contributed by atoms with Crippen LogP contribution >= 0.6 is 0 Å². The minimum atomic E-state index is -4.06. The first kappa shape index (κ1) is 28.5. The van der Waals surface area contributed by atoms with Crippen molar-refractivity contribution in [3.8, 4) is 23.9 Å². The van der Waals surface area contributed by atoms with Crippen molar-refractivity contribution in [1.29, 1.82) is 0 Å². The summed E-state index contributed by atoms with van der Waals surface area (Å²) in [6.07, 6.45) is 0. The Bertz CT molecular complexity index is 1700. The zero-order chi connectivity index (χ0) is 28.9. The zero-order valence-electron chi connectivity index (χ0n) is 22.6. The quantitative estimate of drug-likeness (QED) is 0.213. The summed E-state index contributed by atoms with van der Waals surface area (Å²) in [5, 5.41) is 0. The molecule has 0 saturated carbocycles. The Balaban J connectivity index is 1.79. The van der Waals surface area contributed by atoms with Gasteiger partial charge in [0.2, 0.25) is 0 Å². The van der Waals surface area contributed by atoms with E-state index in [0.29, 0.717) is 11.4 Å². The lowest BCUT2D eigenvalue weighted by Crippen LogP contribution is -2.26. The van der Waals surface area contributed by atoms with Crippen LogP contribution in [0.4, 0.5) is 11.4 Å². The van der Waals surface area contributed by atoms with Gasteiger partial charge in [-0.25, -0.2) is 16.8 Å². The molecule has 0 atom stereocenters. The minimum absolute atomic E-state index is 0.0733. The van der Waals surface area contributed by atoms with Gasteiger partial charge in [0.25, 0.3) is 20.0 Å². The number of anilines is 2. The Hall–Kier alpha value is -4.50. The fourth-order valence-electron chi connectivity index (χ4n) is 3.68. The van der Waals surface area contributed by atoms with Crippen LogP contribution < -0.4 is 8.61 Å². The summed E-state index contributed by atoms with van der Waals surface area (Å²) in [5.74, 6) is 5.12. The summed E-state index contributed by atoms with van der Waals surface area (Å²) in [6, 6.07) is 31.9. The largest absolute Gasteiger partial charge is 0.275 e. The fraction of sp³-hybridized carbons (Fsp3) is 0.125. The van der Waals surface area contributed by atoms with E-state index >= 15 is 0 Å². The molecule has 8 heteroatoms. The summed E-state index contributed by atoms with van der Waals surface area (Å²) in [6.45, 7) is 7.53. The van der Waals surface area contributed by atoms with Gasteiger partial charge in [0, 0.05) is 23.9 Å². The van der Waals surface area contributed by atoms with Gasteiger partial charge in [-0.2, -0.15) is 8.61 Å². The van der Waals surface area contributed by atoms with Gasteiger partial charge in [0.15, 0.2) is 0 Å². The van der Waals surface area contributed by atoms with Gasteiger partial charge in [-0.1, -0.05) is 70.8 Å². The second-order valence-corrected chi connectivity index (χ2v) is 12.9. The molecule has 40 heavy (non-hydrogen) atoms. The molecule has 4 aromatic rings. The maximum atomic E-state index is 13.6. The van der Waals surface area contributed by atoms with Crippen LogP contribution in [-0.2, 0) is 20.0 Å². The molecule has 0 heterocycles. The molecule has 0 amide bonds. The maximum absolute atomic E-state index is 13.6. The number of hydrogen-bond acceptors (Lipinski definition) is 4. The van der Waals surface area contributed by atoms with Gasteiger partial charge in [0.1, 0.15) is 0 Å². The smallest absolute Gasteiger partial charge is 0.200 e. The highest BCUT2D eigenvalue weighted by molar-refractivity contribution is 7.93. The van der Waals surface area contributed by atoms with E-state index in [4.69, 9.17) is 0 Å². The van der Waals surface area contributed by atoms with Crippen molar-refractivity contribution in [3.05, 3.63) is 119 Å². The summed E-state index contributed by atoms with van der Waals surface area (Å²) >= 11 is 0. The Morgan fingerprint density at radius 3 is 0.950 bits per heavy atom. The van der Waals surface area contributed by atoms with Crippen LogP contribution in [0.2, 0.25) is 0 Å². The van der Waals surface area contributed by atoms with E-state index in [-0.39, 0.29) is 9.79 Å². The van der Waals surface area contributed by atoms with Crippen molar-refractivity contribution in [1.82, 2.24) is 0 Å². The van der Waals surface area contributed by atoms with E-state index in [1.165, 1.54) is 24.3 Å². The lowest BCUT2D eigenvalue weighted by atomic mass is 10.2. The minimum Gasteiger partial charge on any atom is -0.200 e. The van der Waals surface area contributed by atoms with Crippen molar-refractivity contribution in [2.45, 2.75) is 37.5 Å². The molecular formula is C32H28N2O4S2. The number of benzene rings is 4. The van der Waals surface area contributed by atoms with Crippen molar-refractivity contribution in [2.75, 3.05) is 8.61 Å². The molecule has 0 aliphatic heterocycles. The number of aryl methyl sites for hydroxylation is 4. The second-order valence-electron chi connectivity index (χ2n) is 9.31. The number of hydrogen-bond donors (Lipinski definition) is 0. The van der Waals surface area contributed by atoms with E-state index in [2.05, 4.69) is 23.9 Å². The molecule has 0 spiro atoms. The third-order valence-electron chi connectivity index (χ3n) is 6.03. The average molecular weight is 569 g/mol. The highest BCUT2D eigenvalue weighted by atomic mass is 32.2. The van der Waals surface area contributed by atoms with Gasteiger partial charge in [0.05, 0.1) is 21.2 Å². The molecule has 4 rings (SSSR count). The maximum Gasteiger partial charge on any atom is 0.275 e. The SMILES string of the molecule is Cc1ccc(N(C#CC#CN(c2ccc(C)cc2)S(=O)(=O)c2ccc(C)cc2)S(=O)(=O)c2ccc(C)cc2)cc1. The first-order chi connectivity index (χ1) is 19.0. The monoisotopic (exact) mass is 568 g/mol. The topological polar surface area (TPSA) is 74.8 Å². The van der Waals surface area contributed by atoms with E-state index in [9.17, 15) is 16.8 Å². The number of rotatable bonds is 6. The molecule has 0 bridgehead atoms. The highest BCUT2D eigenvalue weighted by Gasteiger charge is 2.25. The van der Waals surface area contributed by atoms with Gasteiger partial charge in [-0.15, -0.1) is 0 Å². The molecule has 4 aromatic carbocycles. The molecule has 0 N–H and O–H groups in total. The van der Waals surface area contributed by atoms with E-state index in [1.807, 2.05) is 27.7 Å². The molecule has 0 unspecified atom stereocenters. The number of sulfonamides is 2. The first-order valence-corrected chi connectivity index (χ1v) is 15.3. The molecule has 6 nitrogen and oxygen atoms in total. The standard InChI is InChI=1S/C32H28N2O4S2/c1-25-7-15-29(16-8-25)33(39(35,36)31-19-11-27(3)12-20-31)23-5-6-24-34(30-17-9-26(2)10-18-30)40(37,38)32-21-13-28(4)14-22-32/h7-22H,1-4H3. The molecule has 0 fully saturated rings. The van der Waals surface area contributed by atoms with Gasteiger partial charge in [-0.05, 0) is 76.2 Å². The Morgan fingerprint density at radius 1 is 0.425 bits per heavy atom. The molecule has 0 saturated heterocycles. The van der Waals surface area contributed by atoms with Gasteiger partial charge >= 0.3 is 0 Å². The van der Waals surface area contributed by atoms with Crippen LogP contribution in [0, 0.1) is 51.6 Å². The van der Waals surface area contributed by atoms with Crippen molar-refractivity contribution >= 4 is 31.4 Å². The van der Waals surface area contributed by atoms with Crippen molar-refractivity contribution < 1.29 is 16.8 Å². The third-order valence-corrected chi connectivity index (χ3v) is 9.33. The lowest BCUT2D eigenvalue weighted by Gasteiger charge is -2.18. The van der Waals surface area contributed by atoms with Crippen LogP contribution in [0.5, 0.6) is 0 Å². The van der Waals surface area contributed by atoms with Gasteiger partial charge < -0.3 is 0 Å². The first-order valence-electron chi connectivity index (χ1n) is 12.4. The molecule has 202 valence electrons. The van der Waals surface area contributed by atoms with E-state index in [0.717, 1.165) is 30.9 Å². The third kappa shape index (κ3) is 6.38. The Kier molecular flexibility index (Phi) is 8.35. The van der Waals surface area contributed by atoms with Crippen LogP contribution in [0.3, 0.4) is 0 Å². The highest BCUT2D eigenvalue weighted by Crippen LogP contribution is 2.25. The predicted octanol–water partition coefficient (Wildman–Crippen LogP) is 5.93. The molecule has 0 aliphatic carbocycles. The second kappa shape index (κ2) is 11.7. The van der Waals surface area contributed by atoms with Gasteiger partial charge in [-0.3, -0.25) is 0 Å². The fourth-order valence-corrected chi connectivity index (χ4v) is 6.19. The Morgan fingerprint density at radius 2 is 0.675 bits per heavy atom. The molecule has 0 aromatic heterocycles. The summed E-state index contributed by atoms with van der Waals surface area (Å²) in [4.78, 5) is 0.147. The van der Waals surface area contributed by atoms with Crippen LogP contribution in [0.15, 0.2) is 107 Å². The average Bonchev–Trinajstić information content (AvgIpc) is 2.92. The van der Waals surface area contributed by atoms with E-state index < -0.39 is 20.0 Å². The Labute approximate surface area is 237 Å². The van der Waals surface area contributed by atoms with Crippen LogP contribution in [-0.4, -0.2) is 16.8 Å². The molecule has 0 radical (unpaired) electrons. The summed E-state index contributed by atoms with van der Waals surface area (Å²) in [7, 11) is -8.11. The van der Waals surface area contributed by atoms with E-state index in [1.54, 1.807) is 72.8 Å². The van der Waals surface area contributed by atoms with Crippen LogP contribution in [0.1, 0.15) is 22.3 Å². The predicted molar refractivity (Wildman–Crippen MR) is 160 cm³/mol. The zero-order valence-corrected chi connectivity index (χ0v) is 24.2. The normalized spacial score (nSPS) is 11.0. The van der Waals surface area contributed by atoms with Crippen molar-refractivity contribution in [2.24, 2.45) is 0 Å². The van der Waals surface area contributed by atoms with Crippen LogP contribution in [0.25, 0.3) is 0 Å². The summed E-state index contributed by atoms with van der Waals surface area (Å²) < 4.78 is 56.1. The molecule has 0 aliphatic rings.